The maximum absolute atomic E-state index is 10.5. The average Bonchev–Trinajstić information content (AvgIpc) is 3.12. The molecule has 0 saturated heterocycles. The van der Waals surface area contributed by atoms with Crippen molar-refractivity contribution in [2.45, 2.75) is 0 Å². The average molecular weight is 352 g/mol. The number of benzene rings is 2. The molecule has 1 aromatic heterocycles. The van der Waals surface area contributed by atoms with Crippen LogP contribution in [-0.2, 0) is 0 Å². The molecule has 0 saturated carbocycles. The lowest BCUT2D eigenvalue weighted by Gasteiger charge is -2.07. The Hall–Kier alpha value is -2.77. The van der Waals surface area contributed by atoms with E-state index in [1.54, 1.807) is 6.08 Å². The van der Waals surface area contributed by atoms with E-state index in [0.717, 1.165) is 16.4 Å². The highest BCUT2D eigenvalue weighted by Crippen LogP contribution is 2.29. The summed E-state index contributed by atoms with van der Waals surface area (Å²) in [6.45, 7) is 0. The Balaban J connectivity index is 1.71. The summed E-state index contributed by atoms with van der Waals surface area (Å²) in [7, 11) is 0. The topological polar surface area (TPSA) is 61.9 Å². The van der Waals surface area contributed by atoms with Crippen LogP contribution in [0.1, 0.15) is 4.88 Å². The standard InChI is InChI=1S/C17H12N4OS2/c22-16-14(10-15-18-12-8-4-5-9-13(12)19-15)24-17(23)21(16)20-11-6-2-1-3-7-11/h1-10,20,22H. The molecule has 0 bridgehead atoms. The van der Waals surface area contributed by atoms with Crippen molar-refractivity contribution in [2.75, 3.05) is 5.43 Å². The maximum Gasteiger partial charge on any atom is 0.230 e. The van der Waals surface area contributed by atoms with Crippen LogP contribution in [0.15, 0.2) is 70.4 Å². The molecule has 0 aliphatic carbocycles. The number of aromatic hydroxyl groups is 1. The van der Waals surface area contributed by atoms with Crippen molar-refractivity contribution in [3.63, 3.8) is 0 Å². The van der Waals surface area contributed by atoms with E-state index in [-0.39, 0.29) is 5.88 Å². The van der Waals surface area contributed by atoms with Crippen molar-refractivity contribution in [1.29, 1.82) is 0 Å². The third-order valence-electron chi connectivity index (χ3n) is 3.44. The van der Waals surface area contributed by atoms with Gasteiger partial charge in [0.25, 0.3) is 0 Å². The Morgan fingerprint density at radius 2 is 1.62 bits per heavy atom. The number of thiazole rings is 1. The number of nitrogens with one attached hydrogen (secondary N) is 1. The number of hydrogen-bond donors (Lipinski definition) is 2. The van der Waals surface area contributed by atoms with Gasteiger partial charge >= 0.3 is 0 Å². The number of nitrogens with zero attached hydrogens (tertiary/aromatic N) is 3. The van der Waals surface area contributed by atoms with Gasteiger partial charge in [-0.05, 0) is 36.5 Å². The molecule has 4 rings (SSSR count). The second-order valence-electron chi connectivity index (χ2n) is 5.08. The first-order chi connectivity index (χ1) is 11.7. The summed E-state index contributed by atoms with van der Waals surface area (Å²) in [5, 5.41) is 12.1. The van der Waals surface area contributed by atoms with Crippen molar-refractivity contribution < 1.29 is 5.11 Å². The second kappa shape index (κ2) is 6.03. The van der Waals surface area contributed by atoms with Gasteiger partial charge in [0.05, 0.1) is 21.3 Å². The van der Waals surface area contributed by atoms with Gasteiger partial charge in [0, 0.05) is 6.08 Å². The van der Waals surface area contributed by atoms with Crippen LogP contribution in [0.25, 0.3) is 6.08 Å². The van der Waals surface area contributed by atoms with Crippen LogP contribution in [0.4, 0.5) is 5.69 Å². The van der Waals surface area contributed by atoms with Gasteiger partial charge < -0.3 is 5.11 Å². The molecular weight excluding hydrogens is 340 g/mol. The van der Waals surface area contributed by atoms with Crippen LogP contribution in [0.5, 0.6) is 5.88 Å². The van der Waals surface area contributed by atoms with Crippen LogP contribution >= 0.6 is 23.6 Å². The van der Waals surface area contributed by atoms with Gasteiger partial charge in [0.2, 0.25) is 5.88 Å². The fraction of sp³-hybridized carbons (Fsp3) is 0. The molecule has 3 aromatic rings. The molecule has 0 atom stereocenters. The van der Waals surface area contributed by atoms with Gasteiger partial charge in [-0.25, -0.2) is 14.7 Å². The molecule has 5 nitrogen and oxygen atoms in total. The van der Waals surface area contributed by atoms with Crippen molar-refractivity contribution >= 4 is 35.3 Å². The van der Waals surface area contributed by atoms with Crippen molar-refractivity contribution in [1.82, 2.24) is 4.68 Å². The zero-order chi connectivity index (χ0) is 16.5. The molecule has 0 fully saturated rings. The predicted molar refractivity (Wildman–Crippen MR) is 97.0 cm³/mol. The number of rotatable bonds is 3. The molecule has 0 radical (unpaired) electrons. The maximum atomic E-state index is 10.5. The summed E-state index contributed by atoms with van der Waals surface area (Å²) in [5.41, 5.74) is 3.92. The molecule has 118 valence electrons. The van der Waals surface area contributed by atoms with E-state index in [0.29, 0.717) is 14.7 Å². The van der Waals surface area contributed by atoms with Crippen LogP contribution in [-0.4, -0.2) is 9.78 Å². The number of fused-ring (bicyclic) bond motifs is 1. The Bertz CT molecular complexity index is 1080. The van der Waals surface area contributed by atoms with Crippen molar-refractivity contribution in [2.24, 2.45) is 9.98 Å². The SMILES string of the molecule is Oc1c(C=C2N=c3ccccc3=N2)sc(=S)n1Nc1ccccc1. The normalized spacial score (nSPS) is 12.2. The van der Waals surface area contributed by atoms with Gasteiger partial charge in [-0.2, -0.15) is 0 Å². The van der Waals surface area contributed by atoms with Crippen LogP contribution < -0.4 is 16.1 Å². The van der Waals surface area contributed by atoms with Crippen molar-refractivity contribution in [3.8, 4) is 5.88 Å². The largest absolute Gasteiger partial charge is 0.492 e. The van der Waals surface area contributed by atoms with Gasteiger partial charge in [-0.15, -0.1) is 0 Å². The van der Waals surface area contributed by atoms with E-state index in [4.69, 9.17) is 12.2 Å². The van der Waals surface area contributed by atoms with E-state index in [1.165, 1.54) is 16.0 Å². The Kier molecular flexibility index (Phi) is 3.72. The molecule has 2 aromatic carbocycles. The van der Waals surface area contributed by atoms with E-state index in [2.05, 4.69) is 15.4 Å². The monoisotopic (exact) mass is 352 g/mol. The molecule has 0 amide bonds. The molecule has 24 heavy (non-hydrogen) atoms. The minimum absolute atomic E-state index is 0.0442. The lowest BCUT2D eigenvalue weighted by atomic mass is 10.3. The van der Waals surface area contributed by atoms with E-state index in [9.17, 15) is 5.11 Å². The van der Waals surface area contributed by atoms with E-state index in [1.807, 2.05) is 54.6 Å². The first-order valence-corrected chi connectivity index (χ1v) is 8.44. The molecule has 2 heterocycles. The minimum Gasteiger partial charge on any atom is -0.492 e. The summed E-state index contributed by atoms with van der Waals surface area (Å²) in [6.07, 6.45) is 1.74. The zero-order valence-electron chi connectivity index (χ0n) is 12.4. The Labute approximate surface area is 146 Å². The fourth-order valence-corrected chi connectivity index (χ4v) is 3.48. The number of aromatic nitrogens is 1. The molecule has 7 heteroatoms. The summed E-state index contributed by atoms with van der Waals surface area (Å²) in [5.74, 6) is 0.595. The fourth-order valence-electron chi connectivity index (χ4n) is 2.32. The van der Waals surface area contributed by atoms with Crippen LogP contribution in [0, 0.1) is 3.95 Å². The van der Waals surface area contributed by atoms with Crippen molar-refractivity contribution in [3.05, 3.63) is 80.0 Å². The summed E-state index contributed by atoms with van der Waals surface area (Å²) in [4.78, 5) is 9.48. The second-order valence-corrected chi connectivity index (χ2v) is 6.76. The number of para-hydroxylation sites is 3. The van der Waals surface area contributed by atoms with Crippen LogP contribution in [0.3, 0.4) is 0 Å². The smallest absolute Gasteiger partial charge is 0.230 e. The molecule has 1 aliphatic heterocycles. The van der Waals surface area contributed by atoms with Crippen LogP contribution in [0.2, 0.25) is 0 Å². The summed E-state index contributed by atoms with van der Waals surface area (Å²) in [6, 6.07) is 17.2. The lowest BCUT2D eigenvalue weighted by molar-refractivity contribution is 0.434. The molecule has 1 aliphatic rings. The third kappa shape index (κ3) is 2.75. The molecular formula is C17H12N4OS2. The van der Waals surface area contributed by atoms with E-state index >= 15 is 0 Å². The quantitative estimate of drug-likeness (QED) is 0.712. The molecule has 0 spiro atoms. The summed E-state index contributed by atoms with van der Waals surface area (Å²) >= 11 is 6.63. The molecule has 2 N–H and O–H groups in total. The van der Waals surface area contributed by atoms with Gasteiger partial charge in [-0.1, -0.05) is 41.7 Å². The number of hydrogen-bond acceptors (Lipinski definition) is 6. The van der Waals surface area contributed by atoms with Gasteiger partial charge in [0.1, 0.15) is 0 Å². The first-order valence-electron chi connectivity index (χ1n) is 7.22. The highest BCUT2D eigenvalue weighted by Gasteiger charge is 2.12. The third-order valence-corrected chi connectivity index (χ3v) is 4.75. The number of anilines is 1. The predicted octanol–water partition coefficient (Wildman–Crippen LogP) is 3.11. The lowest BCUT2D eigenvalue weighted by Crippen LogP contribution is -2.19. The first kappa shape index (κ1) is 14.8. The van der Waals surface area contributed by atoms with E-state index < -0.39 is 0 Å². The Morgan fingerprint density at radius 1 is 1.00 bits per heavy atom. The van der Waals surface area contributed by atoms with Gasteiger partial charge in [0.15, 0.2) is 9.78 Å². The summed E-state index contributed by atoms with van der Waals surface area (Å²) < 4.78 is 1.99. The highest BCUT2D eigenvalue weighted by molar-refractivity contribution is 7.73. The van der Waals surface area contributed by atoms with Gasteiger partial charge in [-0.3, -0.25) is 5.43 Å². The highest BCUT2D eigenvalue weighted by atomic mass is 32.1. The molecule has 0 unspecified atom stereocenters. The Morgan fingerprint density at radius 3 is 2.29 bits per heavy atom. The minimum atomic E-state index is 0.0442. The zero-order valence-corrected chi connectivity index (χ0v) is 14.0.